The molecule has 1 aliphatic rings. The number of methoxy groups -OCH3 is 1. The zero-order valence-electron chi connectivity index (χ0n) is 35.5. The molecule has 0 bridgehead atoms. The molecule has 1 saturated heterocycles. The lowest BCUT2D eigenvalue weighted by molar-refractivity contribution is -0.146. The van der Waals surface area contributed by atoms with E-state index in [0.29, 0.717) is 25.9 Å². The topological polar surface area (TPSA) is 152 Å². The third kappa shape index (κ3) is 14.3. The van der Waals surface area contributed by atoms with Gasteiger partial charge >= 0.3 is 0 Å². The highest BCUT2D eigenvalue weighted by Crippen LogP contribution is 2.32. The van der Waals surface area contributed by atoms with Crippen molar-refractivity contribution in [2.75, 3.05) is 61.2 Å². The molecule has 0 saturated carbocycles. The van der Waals surface area contributed by atoms with Crippen molar-refractivity contribution in [3.05, 3.63) is 29.8 Å². The summed E-state index contributed by atoms with van der Waals surface area (Å²) in [6.07, 6.45) is 2.27. The van der Waals surface area contributed by atoms with E-state index in [1.165, 1.54) is 16.7 Å². The number of amides is 5. The SMILES string of the molecule is CCC(C)C(C(CC(=O)N1CCCC1C(CC(=O)NCCc1cccc(O)c1)SCC(=O)N(C)C)OC)N(C)C(=O)C(NC(=O)C(C(C)C)N(C)C)C(C)C. The number of carbonyl (C=O) groups excluding carboxylic acids is 5. The number of hydrogen-bond donors (Lipinski definition) is 3. The van der Waals surface area contributed by atoms with Gasteiger partial charge in [-0.2, -0.15) is 0 Å². The van der Waals surface area contributed by atoms with Crippen LogP contribution >= 0.6 is 11.8 Å². The molecule has 2 rings (SSSR count). The number of thioether (sulfide) groups is 1. The van der Waals surface area contributed by atoms with E-state index in [4.69, 9.17) is 4.74 Å². The van der Waals surface area contributed by atoms with Gasteiger partial charge in [-0.3, -0.25) is 28.9 Å². The first-order valence-electron chi connectivity index (χ1n) is 19.8. The Labute approximate surface area is 334 Å². The van der Waals surface area contributed by atoms with Crippen LogP contribution in [0.5, 0.6) is 5.75 Å². The summed E-state index contributed by atoms with van der Waals surface area (Å²) in [6.45, 7) is 12.8. The number of benzene rings is 1. The van der Waals surface area contributed by atoms with Gasteiger partial charge in [0.2, 0.25) is 29.5 Å². The summed E-state index contributed by atoms with van der Waals surface area (Å²) >= 11 is 1.40. The Morgan fingerprint density at radius 2 is 1.67 bits per heavy atom. The molecule has 13 nitrogen and oxygen atoms in total. The highest BCUT2D eigenvalue weighted by Gasteiger charge is 2.41. The normalized spacial score (nSPS) is 17.7. The average molecular weight is 791 g/mol. The molecule has 7 unspecified atom stereocenters. The van der Waals surface area contributed by atoms with Crippen LogP contribution in [0.4, 0.5) is 0 Å². The number of likely N-dealkylation sites (tertiary alicyclic amines) is 1. The molecule has 1 aromatic carbocycles. The maximum atomic E-state index is 14.3. The summed E-state index contributed by atoms with van der Waals surface area (Å²) in [7, 11) is 10.4. The molecule has 3 N–H and O–H groups in total. The smallest absolute Gasteiger partial charge is 0.245 e. The van der Waals surface area contributed by atoms with E-state index in [1.54, 1.807) is 51.4 Å². The van der Waals surface area contributed by atoms with Crippen molar-refractivity contribution in [3.63, 3.8) is 0 Å². The average Bonchev–Trinajstić information content (AvgIpc) is 3.61. The van der Waals surface area contributed by atoms with E-state index in [2.05, 4.69) is 10.6 Å². The van der Waals surface area contributed by atoms with Crippen LogP contribution in [0.15, 0.2) is 24.3 Å². The molecule has 0 aliphatic carbocycles. The molecule has 14 heteroatoms. The Balaban J connectivity index is 2.29. The van der Waals surface area contributed by atoms with Crippen molar-refractivity contribution in [2.45, 2.75) is 116 Å². The van der Waals surface area contributed by atoms with Gasteiger partial charge in [-0.1, -0.05) is 60.1 Å². The third-order valence-corrected chi connectivity index (χ3v) is 12.1. The van der Waals surface area contributed by atoms with E-state index in [0.717, 1.165) is 18.4 Å². The first kappa shape index (κ1) is 47.8. The van der Waals surface area contributed by atoms with Gasteiger partial charge in [0.1, 0.15) is 11.8 Å². The van der Waals surface area contributed by atoms with Gasteiger partial charge < -0.3 is 35.2 Å². The number of likely N-dealkylation sites (N-methyl/N-ethyl adjacent to an activating group) is 2. The summed E-state index contributed by atoms with van der Waals surface area (Å²) in [5.74, 6) is -0.633. The first-order valence-corrected chi connectivity index (χ1v) is 20.8. The lowest BCUT2D eigenvalue weighted by atomic mass is 9.89. The van der Waals surface area contributed by atoms with E-state index in [9.17, 15) is 29.1 Å². The predicted octanol–water partition coefficient (Wildman–Crippen LogP) is 3.63. The standard InChI is InChI=1S/C41H70N6O7S/c1-13-28(6)39(46(11)41(53)37(26(2)3)43-40(52)38(27(4)5)45(9)10)32(54-12)23-35(50)47-21-15-18-31(47)33(55-25-36(51)44(7)8)24-34(49)42-20-19-29-16-14-17-30(48)22-29/h14,16-17,22,26-28,31-33,37-39,48H,13,15,18-21,23-25H2,1-12H3,(H,42,49)(H,43,52). The molecule has 1 aliphatic heterocycles. The van der Waals surface area contributed by atoms with Crippen molar-refractivity contribution >= 4 is 41.3 Å². The van der Waals surface area contributed by atoms with E-state index < -0.39 is 24.2 Å². The van der Waals surface area contributed by atoms with Gasteiger partial charge in [-0.15, -0.1) is 11.8 Å². The number of phenolic OH excluding ortho intramolecular Hbond substituents is 1. The number of rotatable bonds is 22. The van der Waals surface area contributed by atoms with Gasteiger partial charge in [0, 0.05) is 59.1 Å². The lowest BCUT2D eigenvalue weighted by Gasteiger charge is -2.41. The zero-order chi connectivity index (χ0) is 41.6. The van der Waals surface area contributed by atoms with Crippen LogP contribution in [0.1, 0.15) is 79.2 Å². The fraction of sp³-hybridized carbons (Fsp3) is 0.732. The van der Waals surface area contributed by atoms with Crippen molar-refractivity contribution in [2.24, 2.45) is 17.8 Å². The van der Waals surface area contributed by atoms with Crippen LogP contribution < -0.4 is 10.6 Å². The molecule has 0 radical (unpaired) electrons. The quantitative estimate of drug-likeness (QED) is 0.160. The minimum Gasteiger partial charge on any atom is -0.508 e. The Morgan fingerprint density at radius 3 is 2.22 bits per heavy atom. The maximum Gasteiger partial charge on any atom is 0.245 e. The summed E-state index contributed by atoms with van der Waals surface area (Å²) in [6, 6.07) is 5.02. The second kappa shape index (κ2) is 23.0. The maximum absolute atomic E-state index is 14.3. The number of carbonyl (C=O) groups is 5. The number of hydrogen-bond acceptors (Lipinski definition) is 9. The van der Waals surface area contributed by atoms with Crippen molar-refractivity contribution in [1.29, 1.82) is 0 Å². The second-order valence-electron chi connectivity index (χ2n) is 16.1. The van der Waals surface area contributed by atoms with E-state index >= 15 is 0 Å². The van der Waals surface area contributed by atoms with Crippen LogP contribution in [0.3, 0.4) is 0 Å². The highest BCUT2D eigenvalue weighted by atomic mass is 32.2. The van der Waals surface area contributed by atoms with Crippen LogP contribution in [-0.4, -0.2) is 151 Å². The molecule has 0 spiro atoms. The predicted molar refractivity (Wildman–Crippen MR) is 220 cm³/mol. The molecule has 0 aromatic heterocycles. The van der Waals surface area contributed by atoms with E-state index in [1.807, 2.05) is 71.5 Å². The third-order valence-electron chi connectivity index (χ3n) is 10.8. The summed E-state index contributed by atoms with van der Waals surface area (Å²) in [5.41, 5.74) is 0.902. The molecular formula is C41H70N6O7S. The molecule has 7 atom stereocenters. The van der Waals surface area contributed by atoms with E-state index in [-0.39, 0.29) is 82.9 Å². The highest BCUT2D eigenvalue weighted by molar-refractivity contribution is 8.00. The van der Waals surface area contributed by atoms with Gasteiger partial charge in [-0.25, -0.2) is 0 Å². The Morgan fingerprint density at radius 1 is 1.00 bits per heavy atom. The van der Waals surface area contributed by atoms with Gasteiger partial charge in [0.25, 0.3) is 0 Å². The fourth-order valence-electron chi connectivity index (χ4n) is 7.54. The molecule has 55 heavy (non-hydrogen) atoms. The fourth-order valence-corrected chi connectivity index (χ4v) is 8.93. The minimum atomic E-state index is -0.768. The Hall–Kier alpha value is -3.36. The number of ether oxygens (including phenoxy) is 1. The molecule has 1 fully saturated rings. The second-order valence-corrected chi connectivity index (χ2v) is 17.3. The first-order chi connectivity index (χ1) is 25.8. The van der Waals surface area contributed by atoms with Crippen molar-refractivity contribution in [1.82, 2.24) is 30.2 Å². The molecular weight excluding hydrogens is 721 g/mol. The van der Waals surface area contributed by atoms with Crippen molar-refractivity contribution < 1.29 is 33.8 Å². The molecule has 1 aromatic rings. The monoisotopic (exact) mass is 791 g/mol. The Bertz CT molecular complexity index is 1400. The molecule has 1 heterocycles. The molecule has 5 amide bonds. The van der Waals surface area contributed by atoms with Gasteiger partial charge in [0.15, 0.2) is 0 Å². The minimum absolute atomic E-state index is 0.0263. The van der Waals surface area contributed by atoms with Crippen LogP contribution in [-0.2, 0) is 35.1 Å². The lowest BCUT2D eigenvalue weighted by Crippen LogP contribution is -2.59. The number of nitrogens with zero attached hydrogens (tertiary/aromatic N) is 4. The van der Waals surface area contributed by atoms with Crippen LogP contribution in [0.25, 0.3) is 0 Å². The number of aromatic hydroxyl groups is 1. The largest absolute Gasteiger partial charge is 0.508 e. The number of nitrogens with one attached hydrogen (secondary N) is 2. The molecule has 312 valence electrons. The summed E-state index contributed by atoms with van der Waals surface area (Å²) in [4.78, 5) is 74.8. The summed E-state index contributed by atoms with van der Waals surface area (Å²) < 4.78 is 6.04. The van der Waals surface area contributed by atoms with Gasteiger partial charge in [0.05, 0.1) is 30.4 Å². The van der Waals surface area contributed by atoms with Crippen LogP contribution in [0.2, 0.25) is 0 Å². The zero-order valence-corrected chi connectivity index (χ0v) is 36.3. The van der Waals surface area contributed by atoms with Crippen molar-refractivity contribution in [3.8, 4) is 5.75 Å². The summed E-state index contributed by atoms with van der Waals surface area (Å²) in [5, 5.41) is 15.5. The van der Waals surface area contributed by atoms with Crippen LogP contribution in [0, 0.1) is 17.8 Å². The number of phenols is 1. The van der Waals surface area contributed by atoms with Gasteiger partial charge in [-0.05, 0) is 68.8 Å². The Kier molecular flexibility index (Phi) is 20.0.